The number of benzene rings is 1. The third-order valence-corrected chi connectivity index (χ3v) is 1.96. The number of hydrogen-bond acceptors (Lipinski definition) is 2. The average Bonchev–Trinajstić information content (AvgIpc) is 2.17. The molecule has 82 valence electrons. The number of aliphatic hydroxyl groups is 1. The van der Waals surface area contributed by atoms with E-state index in [2.05, 4.69) is 5.32 Å². The van der Waals surface area contributed by atoms with Crippen molar-refractivity contribution in [3.63, 3.8) is 0 Å². The highest BCUT2D eigenvalue weighted by Gasteiger charge is 2.11. The van der Waals surface area contributed by atoms with E-state index in [0.717, 1.165) is 0 Å². The maximum atomic E-state index is 13.1. The van der Waals surface area contributed by atoms with Gasteiger partial charge in [-0.25, -0.2) is 9.18 Å². The van der Waals surface area contributed by atoms with Crippen LogP contribution in [-0.4, -0.2) is 22.9 Å². The Kier molecular flexibility index (Phi) is 4.05. The number of carboxylic acid groups (broad SMARTS) is 1. The van der Waals surface area contributed by atoms with E-state index in [9.17, 15) is 14.3 Å². The summed E-state index contributed by atoms with van der Waals surface area (Å²) in [5.74, 6) is -0.486. The fourth-order valence-corrected chi connectivity index (χ4v) is 1.22. The van der Waals surface area contributed by atoms with Crippen LogP contribution in [-0.2, 0) is 0 Å². The molecule has 4 nitrogen and oxygen atoms in total. The van der Waals surface area contributed by atoms with Crippen molar-refractivity contribution >= 4 is 6.09 Å². The molecule has 1 rings (SSSR count). The molecule has 0 heterocycles. The van der Waals surface area contributed by atoms with Crippen LogP contribution in [0.25, 0.3) is 0 Å². The molecule has 0 aliphatic rings. The second-order valence-corrected chi connectivity index (χ2v) is 3.06. The fourth-order valence-electron chi connectivity index (χ4n) is 1.22. The normalized spacial score (nSPS) is 12.1. The average molecular weight is 213 g/mol. The van der Waals surface area contributed by atoms with Gasteiger partial charge in [-0.3, -0.25) is 0 Å². The smallest absolute Gasteiger partial charge is 0.404 e. The van der Waals surface area contributed by atoms with E-state index in [0.29, 0.717) is 0 Å². The highest BCUT2D eigenvalue weighted by atomic mass is 19.1. The van der Waals surface area contributed by atoms with Crippen LogP contribution in [0.2, 0.25) is 0 Å². The predicted octanol–water partition coefficient (Wildman–Crippen LogP) is 1.52. The quantitative estimate of drug-likeness (QED) is 0.710. The molecule has 0 spiro atoms. The highest BCUT2D eigenvalue weighted by molar-refractivity contribution is 5.64. The second-order valence-electron chi connectivity index (χ2n) is 3.06. The molecule has 0 aliphatic heterocycles. The molecule has 3 N–H and O–H groups in total. The van der Waals surface area contributed by atoms with Gasteiger partial charge in [-0.15, -0.1) is 0 Å². The summed E-state index contributed by atoms with van der Waals surface area (Å²) in [5.41, 5.74) is 0.185. The van der Waals surface area contributed by atoms with Crippen molar-refractivity contribution in [1.29, 1.82) is 0 Å². The molecule has 0 saturated carbocycles. The zero-order valence-corrected chi connectivity index (χ0v) is 7.98. The van der Waals surface area contributed by atoms with E-state index in [1.165, 1.54) is 18.2 Å². The summed E-state index contributed by atoms with van der Waals surface area (Å²) in [4.78, 5) is 10.1. The van der Waals surface area contributed by atoms with Crippen LogP contribution in [0.5, 0.6) is 0 Å². The van der Waals surface area contributed by atoms with Crippen molar-refractivity contribution in [2.24, 2.45) is 0 Å². The van der Waals surface area contributed by atoms with Crippen molar-refractivity contribution in [2.75, 3.05) is 6.54 Å². The van der Waals surface area contributed by atoms with Gasteiger partial charge < -0.3 is 15.5 Å². The van der Waals surface area contributed by atoms with Gasteiger partial charge in [0.25, 0.3) is 0 Å². The van der Waals surface area contributed by atoms with Crippen molar-refractivity contribution in [1.82, 2.24) is 5.32 Å². The first kappa shape index (κ1) is 11.5. The SMILES string of the molecule is O=C(O)NCCC(O)c1ccccc1F. The van der Waals surface area contributed by atoms with Gasteiger partial charge in [-0.2, -0.15) is 0 Å². The summed E-state index contributed by atoms with van der Waals surface area (Å²) in [7, 11) is 0. The van der Waals surface area contributed by atoms with E-state index < -0.39 is 18.0 Å². The van der Waals surface area contributed by atoms with E-state index in [-0.39, 0.29) is 18.5 Å². The number of halogens is 1. The molecule has 1 unspecified atom stereocenters. The van der Waals surface area contributed by atoms with Gasteiger partial charge >= 0.3 is 6.09 Å². The molecule has 5 heteroatoms. The number of nitrogens with one attached hydrogen (secondary N) is 1. The summed E-state index contributed by atoms with van der Waals surface area (Å²) in [5, 5.41) is 19.9. The van der Waals surface area contributed by atoms with Crippen LogP contribution in [0.4, 0.5) is 9.18 Å². The van der Waals surface area contributed by atoms with Crippen molar-refractivity contribution < 1.29 is 19.4 Å². The third kappa shape index (κ3) is 3.55. The Hall–Kier alpha value is -1.62. The lowest BCUT2D eigenvalue weighted by atomic mass is 10.1. The molecule has 1 atom stereocenters. The van der Waals surface area contributed by atoms with E-state index in [4.69, 9.17) is 5.11 Å². The maximum absolute atomic E-state index is 13.1. The van der Waals surface area contributed by atoms with E-state index in [1.807, 2.05) is 0 Å². The van der Waals surface area contributed by atoms with Gasteiger partial charge in [0, 0.05) is 12.1 Å². The highest BCUT2D eigenvalue weighted by Crippen LogP contribution is 2.18. The zero-order valence-electron chi connectivity index (χ0n) is 7.98. The second kappa shape index (κ2) is 5.31. The van der Waals surface area contributed by atoms with Gasteiger partial charge in [0.15, 0.2) is 0 Å². The molecular formula is C10H12FNO3. The minimum absolute atomic E-state index is 0.0881. The van der Waals surface area contributed by atoms with Gasteiger partial charge in [-0.1, -0.05) is 18.2 Å². The molecule has 0 aromatic heterocycles. The minimum atomic E-state index is -1.16. The van der Waals surface area contributed by atoms with Crippen molar-refractivity contribution in [2.45, 2.75) is 12.5 Å². The van der Waals surface area contributed by atoms with Crippen LogP contribution in [0.3, 0.4) is 0 Å². The summed E-state index contributed by atoms with van der Waals surface area (Å²) >= 11 is 0. The maximum Gasteiger partial charge on any atom is 0.404 e. The third-order valence-electron chi connectivity index (χ3n) is 1.96. The largest absolute Gasteiger partial charge is 0.465 e. The van der Waals surface area contributed by atoms with Crippen LogP contribution >= 0.6 is 0 Å². The van der Waals surface area contributed by atoms with E-state index in [1.54, 1.807) is 6.07 Å². The Labute approximate surface area is 86.4 Å². The molecule has 0 saturated heterocycles. The first-order chi connectivity index (χ1) is 7.11. The number of amides is 1. The Morgan fingerprint density at radius 3 is 2.73 bits per heavy atom. The molecule has 1 aromatic carbocycles. The van der Waals surface area contributed by atoms with E-state index >= 15 is 0 Å². The fraction of sp³-hybridized carbons (Fsp3) is 0.300. The summed E-state index contributed by atoms with van der Waals surface area (Å²) in [6.07, 6.45) is -2.00. The molecule has 15 heavy (non-hydrogen) atoms. The molecule has 0 aliphatic carbocycles. The van der Waals surface area contributed by atoms with Gasteiger partial charge in [0.05, 0.1) is 6.10 Å². The molecule has 1 aromatic rings. The molecule has 0 radical (unpaired) electrons. The van der Waals surface area contributed by atoms with Gasteiger partial charge in [-0.05, 0) is 12.5 Å². The van der Waals surface area contributed by atoms with Gasteiger partial charge in [0.1, 0.15) is 5.82 Å². The Balaban J connectivity index is 2.50. The summed E-state index contributed by atoms with van der Waals surface area (Å²) in [6.45, 7) is 0.0881. The summed E-state index contributed by atoms with van der Waals surface area (Å²) < 4.78 is 13.1. The standard InChI is InChI=1S/C10H12FNO3/c11-8-4-2-1-3-7(8)9(13)5-6-12-10(14)15/h1-4,9,12-13H,5-6H2,(H,14,15). The van der Waals surface area contributed by atoms with Gasteiger partial charge in [0.2, 0.25) is 0 Å². The topological polar surface area (TPSA) is 69.6 Å². The number of hydrogen-bond donors (Lipinski definition) is 3. The minimum Gasteiger partial charge on any atom is -0.465 e. The number of aliphatic hydroxyl groups excluding tert-OH is 1. The first-order valence-electron chi connectivity index (χ1n) is 4.50. The zero-order chi connectivity index (χ0) is 11.3. The summed E-state index contributed by atoms with van der Waals surface area (Å²) in [6, 6.07) is 5.87. The molecule has 0 bridgehead atoms. The lowest BCUT2D eigenvalue weighted by Gasteiger charge is -2.11. The van der Waals surface area contributed by atoms with Crippen LogP contribution < -0.4 is 5.32 Å². The Morgan fingerprint density at radius 2 is 2.13 bits per heavy atom. The van der Waals surface area contributed by atoms with Crippen LogP contribution in [0.1, 0.15) is 18.1 Å². The Morgan fingerprint density at radius 1 is 1.47 bits per heavy atom. The number of carbonyl (C=O) groups is 1. The number of rotatable bonds is 4. The first-order valence-corrected chi connectivity index (χ1v) is 4.50. The van der Waals surface area contributed by atoms with Crippen LogP contribution in [0.15, 0.2) is 24.3 Å². The Bertz CT molecular complexity index is 343. The van der Waals surface area contributed by atoms with Crippen molar-refractivity contribution in [3.05, 3.63) is 35.6 Å². The molecule has 1 amide bonds. The molecule has 0 fully saturated rings. The van der Waals surface area contributed by atoms with Crippen LogP contribution in [0, 0.1) is 5.82 Å². The van der Waals surface area contributed by atoms with Crippen molar-refractivity contribution in [3.8, 4) is 0 Å². The predicted molar refractivity (Wildman–Crippen MR) is 52.0 cm³/mol. The lowest BCUT2D eigenvalue weighted by molar-refractivity contribution is 0.158. The monoisotopic (exact) mass is 213 g/mol. The molecular weight excluding hydrogens is 201 g/mol. The lowest BCUT2D eigenvalue weighted by Crippen LogP contribution is -2.23.